The third-order valence-electron chi connectivity index (χ3n) is 9.53. The number of benzene rings is 3. The van der Waals surface area contributed by atoms with Crippen molar-refractivity contribution in [3.8, 4) is 0 Å². The number of aryl methyl sites for hydroxylation is 3. The summed E-state index contributed by atoms with van der Waals surface area (Å²) in [7, 11) is 0. The molecule has 0 saturated carbocycles. The number of pyridine rings is 3. The fourth-order valence-electron chi connectivity index (χ4n) is 6.07. The van der Waals surface area contributed by atoms with Crippen molar-refractivity contribution in [1.82, 2.24) is 29.7 Å². The number of nitrogens with zero attached hydrogens (tertiary/aromatic N) is 6. The van der Waals surface area contributed by atoms with Gasteiger partial charge in [-0.2, -0.15) is 0 Å². The van der Waals surface area contributed by atoms with Gasteiger partial charge in [0, 0.05) is 52.3 Å². The van der Waals surface area contributed by atoms with Crippen molar-refractivity contribution >= 4 is 48.6 Å². The average molecular weight is 780 g/mol. The molecule has 0 spiro atoms. The van der Waals surface area contributed by atoms with E-state index in [1.807, 2.05) is 24.7 Å². The maximum Gasteiger partial charge on any atom is 0.0703 e. The van der Waals surface area contributed by atoms with E-state index in [0.717, 1.165) is 60.3 Å². The molecule has 0 atom stereocenters. The molecule has 7 heteroatoms. The molecule has 0 N–H and O–H groups in total. The van der Waals surface area contributed by atoms with Gasteiger partial charge in [0.05, 0.1) is 16.6 Å². The molecule has 0 fully saturated rings. The number of fused-ring (bicyclic) bond motifs is 3. The van der Waals surface area contributed by atoms with Gasteiger partial charge in [0.2, 0.25) is 0 Å². The number of hydrogen-bond donors (Lipinski definition) is 0. The fourth-order valence-corrected chi connectivity index (χ4v) is 6.42. The Kier molecular flexibility index (Phi) is 19.0. The van der Waals surface area contributed by atoms with Crippen LogP contribution in [0.15, 0.2) is 95.9 Å². The van der Waals surface area contributed by atoms with Crippen molar-refractivity contribution in [2.45, 2.75) is 82.3 Å². The molecule has 0 aliphatic heterocycles. The minimum Gasteiger partial charge on any atom is -0.304 e. The summed E-state index contributed by atoms with van der Waals surface area (Å²) in [5.41, 5.74) is 9.65. The lowest BCUT2D eigenvalue weighted by Gasteiger charge is -2.17. The molecule has 284 valence electrons. The highest BCUT2D eigenvalue weighted by atomic mass is 79.9. The highest BCUT2D eigenvalue weighted by Crippen LogP contribution is 2.19. The molecule has 0 aliphatic rings. The lowest BCUT2D eigenvalue weighted by molar-refractivity contribution is 0.295. The zero-order valence-electron chi connectivity index (χ0n) is 34.1. The number of halogens is 1. The highest BCUT2D eigenvalue weighted by Gasteiger charge is 2.05. The van der Waals surface area contributed by atoms with Crippen LogP contribution in [-0.4, -0.2) is 75.5 Å². The van der Waals surface area contributed by atoms with E-state index in [1.165, 1.54) is 63.6 Å². The summed E-state index contributed by atoms with van der Waals surface area (Å²) in [5, 5.41) is 3.67. The summed E-state index contributed by atoms with van der Waals surface area (Å²) in [5.74, 6) is 0. The van der Waals surface area contributed by atoms with Crippen LogP contribution in [-0.2, 0) is 13.1 Å². The fraction of sp³-hybridized carbons (Fsp3) is 0.413. The third kappa shape index (κ3) is 14.5. The summed E-state index contributed by atoms with van der Waals surface area (Å²) < 4.78 is 1.03. The molecule has 0 unspecified atom stereocenters. The van der Waals surface area contributed by atoms with Gasteiger partial charge in [-0.15, -0.1) is 0 Å². The Bertz CT molecular complexity index is 1830. The molecular weight excluding hydrogens is 716 g/mol. The van der Waals surface area contributed by atoms with Crippen LogP contribution in [0.3, 0.4) is 0 Å². The first-order valence-corrected chi connectivity index (χ1v) is 20.2. The summed E-state index contributed by atoms with van der Waals surface area (Å²) in [4.78, 5) is 20.5. The van der Waals surface area contributed by atoms with E-state index in [2.05, 4.69) is 182 Å². The van der Waals surface area contributed by atoms with Crippen LogP contribution < -0.4 is 0 Å². The van der Waals surface area contributed by atoms with Gasteiger partial charge in [0.25, 0.3) is 0 Å². The van der Waals surface area contributed by atoms with Crippen LogP contribution in [0, 0.1) is 20.8 Å². The predicted octanol–water partition coefficient (Wildman–Crippen LogP) is 11.4. The second-order valence-electron chi connectivity index (χ2n) is 13.5. The Morgan fingerprint density at radius 2 is 0.736 bits per heavy atom. The van der Waals surface area contributed by atoms with Gasteiger partial charge in [-0.1, -0.05) is 83.4 Å². The lowest BCUT2D eigenvalue weighted by Crippen LogP contribution is -2.22. The molecule has 0 aliphatic carbocycles. The van der Waals surface area contributed by atoms with Crippen LogP contribution in [0.1, 0.15) is 76.3 Å². The molecule has 0 saturated heterocycles. The van der Waals surface area contributed by atoms with Gasteiger partial charge in [-0.05, 0) is 148 Å². The predicted molar refractivity (Wildman–Crippen MR) is 234 cm³/mol. The van der Waals surface area contributed by atoms with Crippen molar-refractivity contribution in [1.29, 1.82) is 0 Å². The minimum absolute atomic E-state index is 0.990. The van der Waals surface area contributed by atoms with Crippen molar-refractivity contribution in [2.75, 3.05) is 45.8 Å². The Hall–Kier alpha value is -3.75. The smallest absolute Gasteiger partial charge is 0.0703 e. The van der Waals surface area contributed by atoms with Gasteiger partial charge in [-0.25, -0.2) is 0 Å². The molecule has 0 amide bonds. The molecule has 3 heterocycles. The zero-order valence-corrected chi connectivity index (χ0v) is 35.7. The molecule has 53 heavy (non-hydrogen) atoms. The van der Waals surface area contributed by atoms with Crippen LogP contribution in [0.2, 0.25) is 0 Å². The Labute approximate surface area is 328 Å². The maximum absolute atomic E-state index is 4.52. The molecule has 6 aromatic rings. The Balaban J connectivity index is 0.000000199. The molecular formula is C46H63BrN6. The van der Waals surface area contributed by atoms with E-state index in [0.29, 0.717) is 0 Å². The lowest BCUT2D eigenvalue weighted by atomic mass is 10.1. The standard InChI is InChI=1S/2C15H20N2.C10H8BrN.C6H15N/c2*1-4-17(5-2)11-13-9-14-8-12(3)6-7-15(14)16-10-13;1-7-2-3-10-8(4-7)5-9(11)6-12-10;1-4-7(5-2)6-3/h2*6-10H,4-5,11H2,1-3H3;2-6H,1H3;4-6H2,1-3H3. The van der Waals surface area contributed by atoms with Crippen molar-refractivity contribution in [3.63, 3.8) is 0 Å². The highest BCUT2D eigenvalue weighted by molar-refractivity contribution is 9.10. The third-order valence-corrected chi connectivity index (χ3v) is 9.97. The summed E-state index contributed by atoms with van der Waals surface area (Å²) in [6.07, 6.45) is 5.81. The van der Waals surface area contributed by atoms with Crippen LogP contribution in [0.4, 0.5) is 0 Å². The van der Waals surface area contributed by atoms with Gasteiger partial charge >= 0.3 is 0 Å². The summed E-state index contributed by atoms with van der Waals surface area (Å²) in [6.45, 7) is 31.6. The molecule has 6 nitrogen and oxygen atoms in total. The molecule has 0 bridgehead atoms. The summed E-state index contributed by atoms with van der Waals surface area (Å²) >= 11 is 3.39. The molecule has 6 rings (SSSR count). The van der Waals surface area contributed by atoms with E-state index in [-0.39, 0.29) is 0 Å². The van der Waals surface area contributed by atoms with E-state index < -0.39 is 0 Å². The second kappa shape index (κ2) is 23.1. The first-order valence-electron chi connectivity index (χ1n) is 19.4. The first kappa shape index (κ1) is 43.7. The van der Waals surface area contributed by atoms with Crippen LogP contribution in [0.5, 0.6) is 0 Å². The van der Waals surface area contributed by atoms with Gasteiger partial charge in [0.1, 0.15) is 0 Å². The normalized spacial score (nSPS) is 11.0. The molecule has 0 radical (unpaired) electrons. The van der Waals surface area contributed by atoms with Crippen molar-refractivity contribution in [3.05, 3.63) is 124 Å². The molecule has 3 aromatic carbocycles. The SMILES string of the molecule is CCN(CC)CC.CCN(CC)Cc1cnc2ccc(C)cc2c1.CCN(CC)Cc1cnc2ccc(C)cc2c1.Cc1ccc2ncc(Br)cc2c1. The van der Waals surface area contributed by atoms with Crippen LogP contribution >= 0.6 is 15.9 Å². The monoisotopic (exact) mass is 778 g/mol. The van der Waals surface area contributed by atoms with Crippen molar-refractivity contribution in [2.24, 2.45) is 0 Å². The topological polar surface area (TPSA) is 48.4 Å². The summed E-state index contributed by atoms with van der Waals surface area (Å²) in [6, 6.07) is 25.6. The van der Waals surface area contributed by atoms with Gasteiger partial charge in [0.15, 0.2) is 0 Å². The quantitative estimate of drug-likeness (QED) is 0.131. The van der Waals surface area contributed by atoms with E-state index in [9.17, 15) is 0 Å². The first-order chi connectivity index (χ1) is 25.5. The van der Waals surface area contributed by atoms with Gasteiger partial charge in [-0.3, -0.25) is 24.8 Å². The van der Waals surface area contributed by atoms with E-state index in [1.54, 1.807) is 0 Å². The average Bonchev–Trinajstić information content (AvgIpc) is 3.17. The van der Waals surface area contributed by atoms with E-state index in [4.69, 9.17) is 0 Å². The number of hydrogen-bond acceptors (Lipinski definition) is 6. The van der Waals surface area contributed by atoms with Crippen molar-refractivity contribution < 1.29 is 0 Å². The molecule has 3 aromatic heterocycles. The number of rotatable bonds is 11. The van der Waals surface area contributed by atoms with Gasteiger partial charge < -0.3 is 4.90 Å². The Morgan fingerprint density at radius 3 is 1.06 bits per heavy atom. The minimum atomic E-state index is 0.990. The number of aromatic nitrogens is 3. The Morgan fingerprint density at radius 1 is 0.415 bits per heavy atom. The zero-order chi connectivity index (χ0) is 38.8. The van der Waals surface area contributed by atoms with E-state index >= 15 is 0 Å². The largest absolute Gasteiger partial charge is 0.304 e. The maximum atomic E-state index is 4.52. The van der Waals surface area contributed by atoms with Crippen LogP contribution in [0.25, 0.3) is 32.7 Å². The second-order valence-corrected chi connectivity index (χ2v) is 14.4.